The van der Waals surface area contributed by atoms with Gasteiger partial charge in [0.1, 0.15) is 17.1 Å². The Hall–Kier alpha value is -1.62. The summed E-state index contributed by atoms with van der Waals surface area (Å²) in [6, 6.07) is 3.97. The van der Waals surface area contributed by atoms with Crippen molar-refractivity contribution in [3.05, 3.63) is 29.6 Å². The molecule has 0 radical (unpaired) electrons. The van der Waals surface area contributed by atoms with Crippen molar-refractivity contribution in [1.29, 1.82) is 0 Å². The summed E-state index contributed by atoms with van der Waals surface area (Å²) in [5.74, 6) is -0.194. The van der Waals surface area contributed by atoms with E-state index in [4.69, 9.17) is 0 Å². The lowest BCUT2D eigenvalue weighted by atomic mass is 9.79. The van der Waals surface area contributed by atoms with Gasteiger partial charge in [-0.05, 0) is 56.3 Å². The van der Waals surface area contributed by atoms with Gasteiger partial charge in [0, 0.05) is 6.04 Å². The fourth-order valence-corrected chi connectivity index (χ4v) is 3.43. The molecule has 0 spiro atoms. The second kappa shape index (κ2) is 5.40. The Labute approximate surface area is 117 Å². The standard InChI is InChI=1S/C15H19FN2O2/c16-12-2-1-3-13(19)14(12)15(20)18-11-5-4-9-7-17-8-10(9)6-11/h1-3,9-11,17,19H,4-8H2,(H,18,20)/t9-,10+,11?/m0/s1. The highest BCUT2D eigenvalue weighted by Gasteiger charge is 2.34. The maximum absolute atomic E-state index is 13.6. The topological polar surface area (TPSA) is 61.4 Å². The lowest BCUT2D eigenvalue weighted by Crippen LogP contribution is -2.40. The van der Waals surface area contributed by atoms with Crippen LogP contribution in [0.3, 0.4) is 0 Å². The molecule has 2 aliphatic rings. The lowest BCUT2D eigenvalue weighted by molar-refractivity contribution is 0.0906. The summed E-state index contributed by atoms with van der Waals surface area (Å²) in [5.41, 5.74) is -0.251. The third kappa shape index (κ3) is 2.50. The molecule has 108 valence electrons. The lowest BCUT2D eigenvalue weighted by Gasteiger charge is -2.31. The summed E-state index contributed by atoms with van der Waals surface area (Å²) in [6.45, 7) is 2.07. The van der Waals surface area contributed by atoms with Gasteiger partial charge in [-0.2, -0.15) is 0 Å². The van der Waals surface area contributed by atoms with E-state index in [0.29, 0.717) is 11.8 Å². The molecule has 1 aliphatic carbocycles. The number of phenols is 1. The van der Waals surface area contributed by atoms with Crippen LogP contribution in [0.2, 0.25) is 0 Å². The molecule has 1 heterocycles. The predicted molar refractivity (Wildman–Crippen MR) is 73.0 cm³/mol. The molecule has 1 unspecified atom stereocenters. The molecule has 1 saturated heterocycles. The largest absolute Gasteiger partial charge is 0.507 e. The summed E-state index contributed by atoms with van der Waals surface area (Å²) in [4.78, 5) is 12.1. The number of aromatic hydroxyl groups is 1. The van der Waals surface area contributed by atoms with E-state index in [0.717, 1.165) is 32.4 Å². The maximum atomic E-state index is 13.6. The third-order valence-corrected chi connectivity index (χ3v) is 4.51. The molecule has 2 fully saturated rings. The minimum Gasteiger partial charge on any atom is -0.507 e. The van der Waals surface area contributed by atoms with Gasteiger partial charge in [0.15, 0.2) is 0 Å². The molecule has 3 rings (SSSR count). The molecule has 0 aromatic heterocycles. The summed E-state index contributed by atoms with van der Waals surface area (Å²) >= 11 is 0. The Morgan fingerprint density at radius 3 is 2.90 bits per heavy atom. The van der Waals surface area contributed by atoms with E-state index in [1.165, 1.54) is 18.2 Å². The first-order chi connectivity index (χ1) is 9.65. The number of amides is 1. The van der Waals surface area contributed by atoms with E-state index in [1.807, 2.05) is 0 Å². The molecule has 1 aromatic rings. The number of hydrogen-bond donors (Lipinski definition) is 3. The molecule has 1 amide bonds. The Balaban J connectivity index is 1.67. The van der Waals surface area contributed by atoms with E-state index in [2.05, 4.69) is 10.6 Å². The first-order valence-electron chi connectivity index (χ1n) is 7.14. The van der Waals surface area contributed by atoms with Gasteiger partial charge in [-0.3, -0.25) is 4.79 Å². The Morgan fingerprint density at radius 2 is 2.10 bits per heavy atom. The van der Waals surface area contributed by atoms with E-state index in [-0.39, 0.29) is 17.4 Å². The zero-order valence-electron chi connectivity index (χ0n) is 11.2. The first-order valence-corrected chi connectivity index (χ1v) is 7.14. The molecule has 0 bridgehead atoms. The minimum atomic E-state index is -0.682. The number of benzene rings is 1. The Bertz CT molecular complexity index is 500. The van der Waals surface area contributed by atoms with Crippen molar-refractivity contribution in [2.45, 2.75) is 25.3 Å². The van der Waals surface area contributed by atoms with Gasteiger partial charge in [0.05, 0.1) is 0 Å². The van der Waals surface area contributed by atoms with Crippen molar-refractivity contribution in [3.8, 4) is 5.75 Å². The molecule has 1 saturated carbocycles. The normalized spacial score (nSPS) is 28.9. The number of halogens is 1. The van der Waals surface area contributed by atoms with Crippen LogP contribution in [0, 0.1) is 17.7 Å². The van der Waals surface area contributed by atoms with E-state index < -0.39 is 11.7 Å². The van der Waals surface area contributed by atoms with Crippen molar-refractivity contribution >= 4 is 5.91 Å². The molecular weight excluding hydrogens is 259 g/mol. The van der Waals surface area contributed by atoms with Crippen LogP contribution in [-0.2, 0) is 0 Å². The first kappa shape index (κ1) is 13.4. The average Bonchev–Trinajstić information content (AvgIpc) is 2.85. The Kier molecular flexibility index (Phi) is 3.61. The molecule has 3 atom stereocenters. The highest BCUT2D eigenvalue weighted by Crippen LogP contribution is 2.33. The molecule has 5 heteroatoms. The molecular formula is C15H19FN2O2. The van der Waals surface area contributed by atoms with Crippen LogP contribution >= 0.6 is 0 Å². The van der Waals surface area contributed by atoms with Crippen LogP contribution in [0.15, 0.2) is 18.2 Å². The second-order valence-corrected chi connectivity index (χ2v) is 5.80. The number of fused-ring (bicyclic) bond motifs is 1. The van der Waals surface area contributed by atoms with Crippen molar-refractivity contribution in [3.63, 3.8) is 0 Å². The van der Waals surface area contributed by atoms with Gasteiger partial charge in [0.2, 0.25) is 0 Å². The zero-order valence-corrected chi connectivity index (χ0v) is 11.2. The van der Waals surface area contributed by atoms with Crippen LogP contribution in [0.25, 0.3) is 0 Å². The van der Waals surface area contributed by atoms with Crippen LogP contribution in [-0.4, -0.2) is 30.1 Å². The van der Waals surface area contributed by atoms with E-state index in [1.54, 1.807) is 0 Å². The minimum absolute atomic E-state index is 0.0719. The second-order valence-electron chi connectivity index (χ2n) is 5.80. The van der Waals surface area contributed by atoms with Gasteiger partial charge in [-0.15, -0.1) is 0 Å². The summed E-state index contributed by atoms with van der Waals surface area (Å²) in [5, 5.41) is 15.9. The maximum Gasteiger partial charge on any atom is 0.258 e. The molecule has 1 aliphatic heterocycles. The Morgan fingerprint density at radius 1 is 1.30 bits per heavy atom. The van der Waals surface area contributed by atoms with Crippen LogP contribution in [0.4, 0.5) is 4.39 Å². The van der Waals surface area contributed by atoms with Gasteiger partial charge >= 0.3 is 0 Å². The number of carbonyl (C=O) groups excluding carboxylic acids is 1. The van der Waals surface area contributed by atoms with Crippen LogP contribution in [0.1, 0.15) is 29.6 Å². The molecule has 1 aromatic carbocycles. The highest BCUT2D eigenvalue weighted by atomic mass is 19.1. The predicted octanol–water partition coefficient (Wildman–Crippen LogP) is 1.65. The quantitative estimate of drug-likeness (QED) is 0.771. The summed E-state index contributed by atoms with van der Waals surface area (Å²) in [6.07, 6.45) is 2.94. The number of hydrogen-bond acceptors (Lipinski definition) is 3. The molecule has 3 N–H and O–H groups in total. The summed E-state index contributed by atoms with van der Waals surface area (Å²) in [7, 11) is 0. The SMILES string of the molecule is O=C(NC1CC[C@H]2CNC[C@H]2C1)c1c(O)cccc1F. The van der Waals surface area contributed by atoms with Crippen molar-refractivity contribution in [2.24, 2.45) is 11.8 Å². The van der Waals surface area contributed by atoms with Gasteiger partial charge in [0.25, 0.3) is 5.91 Å². The third-order valence-electron chi connectivity index (χ3n) is 4.51. The molecule has 4 nitrogen and oxygen atoms in total. The fourth-order valence-electron chi connectivity index (χ4n) is 3.43. The zero-order chi connectivity index (χ0) is 14.1. The number of nitrogens with one attached hydrogen (secondary N) is 2. The highest BCUT2D eigenvalue weighted by molar-refractivity contribution is 5.97. The average molecular weight is 278 g/mol. The van der Waals surface area contributed by atoms with Gasteiger partial charge < -0.3 is 15.7 Å². The molecule has 20 heavy (non-hydrogen) atoms. The van der Waals surface area contributed by atoms with Crippen LogP contribution < -0.4 is 10.6 Å². The van der Waals surface area contributed by atoms with Crippen LogP contribution in [0.5, 0.6) is 5.75 Å². The summed E-state index contributed by atoms with van der Waals surface area (Å²) < 4.78 is 13.6. The monoisotopic (exact) mass is 278 g/mol. The number of carbonyl (C=O) groups is 1. The number of phenolic OH excluding ortho intramolecular Hbond substituents is 1. The van der Waals surface area contributed by atoms with Crippen molar-refractivity contribution in [2.75, 3.05) is 13.1 Å². The fraction of sp³-hybridized carbons (Fsp3) is 0.533. The van der Waals surface area contributed by atoms with E-state index in [9.17, 15) is 14.3 Å². The van der Waals surface area contributed by atoms with E-state index >= 15 is 0 Å². The van der Waals surface area contributed by atoms with Crippen molar-refractivity contribution < 1.29 is 14.3 Å². The van der Waals surface area contributed by atoms with Gasteiger partial charge in [-0.25, -0.2) is 4.39 Å². The van der Waals surface area contributed by atoms with Gasteiger partial charge in [-0.1, -0.05) is 6.07 Å². The number of rotatable bonds is 2. The van der Waals surface area contributed by atoms with Crippen molar-refractivity contribution in [1.82, 2.24) is 10.6 Å². The smallest absolute Gasteiger partial charge is 0.258 e.